The van der Waals surface area contributed by atoms with Crippen LogP contribution in [-0.2, 0) is 0 Å². The molecule has 43 heavy (non-hydrogen) atoms. The van der Waals surface area contributed by atoms with Gasteiger partial charge in [-0.05, 0) is 120 Å². The zero-order valence-electron chi connectivity index (χ0n) is 27.7. The molecule has 1 fully saturated rings. The highest BCUT2D eigenvalue weighted by Crippen LogP contribution is 2.57. The minimum absolute atomic E-state index is 0.000663. The Morgan fingerprint density at radius 1 is 0.558 bits per heavy atom. The lowest BCUT2D eigenvalue weighted by molar-refractivity contribution is 0.149. The summed E-state index contributed by atoms with van der Waals surface area (Å²) in [6, 6.07) is 18.8. The lowest BCUT2D eigenvalue weighted by Gasteiger charge is -2.40. The van der Waals surface area contributed by atoms with Crippen molar-refractivity contribution in [3.05, 3.63) is 54.6 Å². The second-order valence-electron chi connectivity index (χ2n) is 12.9. The van der Waals surface area contributed by atoms with Crippen LogP contribution in [0.3, 0.4) is 0 Å². The third-order valence-corrected chi connectivity index (χ3v) is 10.8. The van der Waals surface area contributed by atoms with Crippen LogP contribution in [0.4, 0.5) is 0 Å². The molecule has 0 amide bonds. The van der Waals surface area contributed by atoms with Crippen LogP contribution in [-0.4, -0.2) is 46.9 Å². The molecule has 234 valence electrons. The molecule has 0 aliphatic carbocycles. The molecular formula is C37H51O5P. The Kier molecular flexibility index (Phi) is 11.1. The average Bonchev–Trinajstić information content (AvgIpc) is 2.87. The molecule has 1 aliphatic rings. The van der Waals surface area contributed by atoms with Crippen LogP contribution >= 0.6 is 7.92 Å². The van der Waals surface area contributed by atoms with Gasteiger partial charge in [-0.25, -0.2) is 0 Å². The van der Waals surface area contributed by atoms with Crippen molar-refractivity contribution in [1.29, 1.82) is 0 Å². The Labute approximate surface area is 260 Å². The summed E-state index contributed by atoms with van der Waals surface area (Å²) in [6.07, 6.45) is 1.27. The van der Waals surface area contributed by atoms with Gasteiger partial charge in [0.2, 0.25) is 0 Å². The van der Waals surface area contributed by atoms with E-state index in [0.717, 1.165) is 58.1 Å². The molecule has 3 aromatic rings. The van der Waals surface area contributed by atoms with Gasteiger partial charge in [0.25, 0.3) is 0 Å². The van der Waals surface area contributed by atoms with E-state index in [0.29, 0.717) is 11.3 Å². The first-order valence-electron chi connectivity index (χ1n) is 15.9. The zero-order valence-corrected chi connectivity index (χ0v) is 28.6. The Hall–Kier alpha value is -2.75. The maximum absolute atomic E-state index is 10.8. The van der Waals surface area contributed by atoms with E-state index in [2.05, 4.69) is 87.4 Å². The standard InChI is InChI=1S/C37H51O5P/c1-22(2)39-31-16-12-17-32(40-23(3)4)35(31)29-14-11-15-30(37(29)43-26(9)20-28(38)21-27(43)10)36-33(41-24(5)6)18-13-19-34(36)42-25(7)8/h11-19,22-28,38H,20-21H2,1-10H3. The maximum atomic E-state index is 10.8. The van der Waals surface area contributed by atoms with Gasteiger partial charge in [-0.2, -0.15) is 0 Å². The van der Waals surface area contributed by atoms with E-state index in [1.807, 2.05) is 36.4 Å². The fourth-order valence-corrected chi connectivity index (χ4v) is 9.79. The molecule has 0 aromatic heterocycles. The van der Waals surface area contributed by atoms with Crippen LogP contribution in [0, 0.1) is 0 Å². The summed E-state index contributed by atoms with van der Waals surface area (Å²) >= 11 is 0. The average molecular weight is 607 g/mol. The predicted molar refractivity (Wildman–Crippen MR) is 181 cm³/mol. The van der Waals surface area contributed by atoms with Gasteiger partial charge in [-0.3, -0.25) is 0 Å². The Balaban J connectivity index is 2.13. The van der Waals surface area contributed by atoms with E-state index in [-0.39, 0.29) is 30.5 Å². The molecule has 6 heteroatoms. The van der Waals surface area contributed by atoms with Crippen molar-refractivity contribution in [1.82, 2.24) is 0 Å². The van der Waals surface area contributed by atoms with Crippen LogP contribution < -0.4 is 24.3 Å². The zero-order chi connectivity index (χ0) is 31.4. The van der Waals surface area contributed by atoms with Crippen LogP contribution in [0.2, 0.25) is 0 Å². The first-order chi connectivity index (χ1) is 20.4. The minimum Gasteiger partial charge on any atom is -0.490 e. The smallest absolute Gasteiger partial charge is 0.131 e. The monoisotopic (exact) mass is 606 g/mol. The Bertz CT molecular complexity index is 1210. The molecule has 3 aromatic carbocycles. The lowest BCUT2D eigenvalue weighted by atomic mass is 9.96. The first-order valence-corrected chi connectivity index (χ1v) is 17.4. The summed E-state index contributed by atoms with van der Waals surface area (Å²) < 4.78 is 25.9. The molecule has 1 saturated heterocycles. The fraction of sp³-hybridized carbons (Fsp3) is 0.514. The van der Waals surface area contributed by atoms with Gasteiger partial charge in [0.05, 0.1) is 41.6 Å². The molecule has 4 rings (SSSR count). The fourth-order valence-electron chi connectivity index (χ4n) is 6.17. The number of ether oxygens (including phenoxy) is 4. The predicted octanol–water partition coefficient (Wildman–Crippen LogP) is 9.21. The van der Waals surface area contributed by atoms with E-state index in [4.69, 9.17) is 18.9 Å². The molecule has 0 spiro atoms. The van der Waals surface area contributed by atoms with Crippen molar-refractivity contribution in [2.75, 3.05) is 0 Å². The van der Waals surface area contributed by atoms with Gasteiger partial charge in [0, 0.05) is 0 Å². The molecule has 2 atom stereocenters. The third-order valence-electron chi connectivity index (χ3n) is 7.44. The van der Waals surface area contributed by atoms with Crippen molar-refractivity contribution in [2.24, 2.45) is 0 Å². The van der Waals surface area contributed by atoms with Gasteiger partial charge >= 0.3 is 0 Å². The van der Waals surface area contributed by atoms with Crippen LogP contribution in [0.5, 0.6) is 23.0 Å². The van der Waals surface area contributed by atoms with Crippen LogP contribution in [0.25, 0.3) is 22.3 Å². The van der Waals surface area contributed by atoms with Gasteiger partial charge in [0.15, 0.2) is 0 Å². The van der Waals surface area contributed by atoms with Crippen molar-refractivity contribution in [3.8, 4) is 45.3 Å². The summed E-state index contributed by atoms with van der Waals surface area (Å²) in [7, 11) is -0.718. The largest absolute Gasteiger partial charge is 0.490 e. The van der Waals surface area contributed by atoms with Crippen molar-refractivity contribution in [3.63, 3.8) is 0 Å². The third kappa shape index (κ3) is 7.86. The van der Waals surface area contributed by atoms with E-state index in [1.54, 1.807) is 0 Å². The Morgan fingerprint density at radius 3 is 1.16 bits per heavy atom. The molecule has 1 aliphatic heterocycles. The molecule has 0 saturated carbocycles. The highest BCUT2D eigenvalue weighted by atomic mass is 31.1. The van der Waals surface area contributed by atoms with Gasteiger partial charge in [-0.1, -0.05) is 52.1 Å². The lowest BCUT2D eigenvalue weighted by Crippen LogP contribution is -2.33. The molecule has 5 nitrogen and oxygen atoms in total. The van der Waals surface area contributed by atoms with Gasteiger partial charge in [0.1, 0.15) is 23.0 Å². The van der Waals surface area contributed by atoms with E-state index in [1.165, 1.54) is 5.30 Å². The summed E-state index contributed by atoms with van der Waals surface area (Å²) in [5, 5.41) is 12.1. The second-order valence-corrected chi connectivity index (χ2v) is 15.9. The number of aliphatic hydroxyl groups excluding tert-OH is 1. The number of hydrogen-bond acceptors (Lipinski definition) is 5. The van der Waals surface area contributed by atoms with Crippen LogP contribution in [0.1, 0.15) is 82.1 Å². The highest BCUT2D eigenvalue weighted by Gasteiger charge is 2.37. The Morgan fingerprint density at radius 2 is 0.860 bits per heavy atom. The van der Waals surface area contributed by atoms with E-state index < -0.39 is 7.92 Å². The van der Waals surface area contributed by atoms with E-state index in [9.17, 15) is 5.11 Å². The SMILES string of the molecule is CC(C)Oc1cccc(OC(C)C)c1-c1cccc(-c2c(OC(C)C)cccc2OC(C)C)c1P1C(C)CC(O)CC1C. The van der Waals surface area contributed by atoms with Crippen LogP contribution in [0.15, 0.2) is 54.6 Å². The van der Waals surface area contributed by atoms with Crippen molar-refractivity contribution >= 4 is 13.2 Å². The normalized spacial score (nSPS) is 20.6. The maximum Gasteiger partial charge on any atom is 0.131 e. The number of rotatable bonds is 11. The molecule has 0 radical (unpaired) electrons. The summed E-state index contributed by atoms with van der Waals surface area (Å²) in [6.45, 7) is 21.1. The molecular weight excluding hydrogens is 555 g/mol. The topological polar surface area (TPSA) is 57.2 Å². The molecule has 2 unspecified atom stereocenters. The van der Waals surface area contributed by atoms with Crippen molar-refractivity contribution < 1.29 is 24.1 Å². The number of benzene rings is 3. The second kappa shape index (κ2) is 14.4. The molecule has 1 N–H and O–H groups in total. The molecule has 0 bridgehead atoms. The number of aliphatic hydroxyl groups is 1. The van der Waals surface area contributed by atoms with E-state index >= 15 is 0 Å². The van der Waals surface area contributed by atoms with Gasteiger partial charge in [-0.15, -0.1) is 0 Å². The summed E-state index contributed by atoms with van der Waals surface area (Å²) in [5.74, 6) is 3.24. The summed E-state index contributed by atoms with van der Waals surface area (Å²) in [5.41, 5.74) is 4.80. The van der Waals surface area contributed by atoms with Gasteiger partial charge < -0.3 is 24.1 Å². The number of hydrogen-bond donors (Lipinski definition) is 1. The quantitative estimate of drug-likeness (QED) is 0.221. The first kappa shape index (κ1) is 33.1. The van der Waals surface area contributed by atoms with Crippen molar-refractivity contribution in [2.45, 2.75) is 124 Å². The summed E-state index contributed by atoms with van der Waals surface area (Å²) in [4.78, 5) is 0. The molecule has 1 heterocycles. The minimum atomic E-state index is -0.718. The highest BCUT2D eigenvalue weighted by molar-refractivity contribution is 7.67.